The van der Waals surface area contributed by atoms with Crippen LogP contribution in [0.2, 0.25) is 0 Å². The van der Waals surface area contributed by atoms with Gasteiger partial charge in [-0.1, -0.05) is 6.42 Å². The molecular formula is C13H18Br2N2S. The lowest BCUT2D eigenvalue weighted by Gasteiger charge is -2.42. The second-order valence-corrected chi connectivity index (χ2v) is 8.45. The lowest BCUT2D eigenvalue weighted by Crippen LogP contribution is -2.47. The van der Waals surface area contributed by atoms with Gasteiger partial charge in [0.15, 0.2) is 0 Å². The van der Waals surface area contributed by atoms with Crippen LogP contribution in [0.25, 0.3) is 0 Å². The highest BCUT2D eigenvalue weighted by Crippen LogP contribution is 2.46. The Balaban J connectivity index is 1.84. The van der Waals surface area contributed by atoms with Crippen molar-refractivity contribution in [2.75, 3.05) is 26.2 Å². The summed E-state index contributed by atoms with van der Waals surface area (Å²) in [6.45, 7) is 4.65. The van der Waals surface area contributed by atoms with Gasteiger partial charge in [0, 0.05) is 41.6 Å². The van der Waals surface area contributed by atoms with E-state index in [4.69, 9.17) is 0 Å². The lowest BCUT2D eigenvalue weighted by atomic mass is 9.78. The van der Waals surface area contributed by atoms with Crippen LogP contribution in [0.3, 0.4) is 0 Å². The summed E-state index contributed by atoms with van der Waals surface area (Å²) in [5, 5.41) is 3.46. The average molecular weight is 394 g/mol. The third-order valence-corrected chi connectivity index (χ3v) is 7.42. The van der Waals surface area contributed by atoms with Gasteiger partial charge in [0.2, 0.25) is 0 Å². The van der Waals surface area contributed by atoms with Crippen molar-refractivity contribution < 1.29 is 0 Å². The van der Waals surface area contributed by atoms with E-state index in [1.54, 1.807) is 0 Å². The average Bonchev–Trinajstić information content (AvgIpc) is 2.65. The van der Waals surface area contributed by atoms with Crippen molar-refractivity contribution in [2.45, 2.75) is 25.3 Å². The minimum absolute atomic E-state index is 0.647. The van der Waals surface area contributed by atoms with Crippen LogP contribution in [0.5, 0.6) is 0 Å². The van der Waals surface area contributed by atoms with E-state index < -0.39 is 0 Å². The van der Waals surface area contributed by atoms with Gasteiger partial charge in [-0.15, -0.1) is 11.3 Å². The predicted molar refractivity (Wildman–Crippen MR) is 84.2 cm³/mol. The van der Waals surface area contributed by atoms with Gasteiger partial charge in [0.1, 0.15) is 0 Å². The molecule has 2 fully saturated rings. The van der Waals surface area contributed by atoms with Crippen LogP contribution in [0.4, 0.5) is 0 Å². The highest BCUT2D eigenvalue weighted by molar-refractivity contribution is 9.13. The van der Waals surface area contributed by atoms with Crippen molar-refractivity contribution in [1.29, 1.82) is 0 Å². The maximum absolute atomic E-state index is 3.64. The molecule has 1 aliphatic carbocycles. The molecule has 5 heteroatoms. The molecule has 1 aliphatic heterocycles. The molecule has 1 aromatic heterocycles. The number of halogens is 2. The van der Waals surface area contributed by atoms with Crippen molar-refractivity contribution in [3.05, 3.63) is 19.2 Å². The van der Waals surface area contributed by atoms with Gasteiger partial charge >= 0.3 is 0 Å². The van der Waals surface area contributed by atoms with E-state index in [0.29, 0.717) is 6.04 Å². The maximum Gasteiger partial charge on any atom is 0.0843 e. The van der Waals surface area contributed by atoms with E-state index in [1.165, 1.54) is 45.5 Å². The molecule has 0 spiro atoms. The zero-order chi connectivity index (χ0) is 12.5. The van der Waals surface area contributed by atoms with Crippen LogP contribution in [-0.2, 0) is 0 Å². The molecule has 2 nitrogen and oxygen atoms in total. The molecule has 100 valence electrons. The van der Waals surface area contributed by atoms with Crippen molar-refractivity contribution in [3.8, 4) is 0 Å². The summed E-state index contributed by atoms with van der Waals surface area (Å²) in [5.74, 6) is 0.876. The number of thiophene rings is 1. The number of hydrogen-bond acceptors (Lipinski definition) is 3. The van der Waals surface area contributed by atoms with Gasteiger partial charge < -0.3 is 5.32 Å². The Morgan fingerprint density at radius 1 is 1.28 bits per heavy atom. The second kappa shape index (κ2) is 5.92. The molecular weight excluding hydrogens is 376 g/mol. The largest absolute Gasteiger partial charge is 0.314 e. The Morgan fingerprint density at radius 3 is 2.50 bits per heavy atom. The Kier molecular flexibility index (Phi) is 4.46. The van der Waals surface area contributed by atoms with E-state index in [-0.39, 0.29) is 0 Å². The summed E-state index contributed by atoms with van der Waals surface area (Å²) < 4.78 is 2.44. The fourth-order valence-electron chi connectivity index (χ4n) is 2.94. The summed E-state index contributed by atoms with van der Waals surface area (Å²) in [6.07, 6.45) is 4.23. The molecule has 0 bridgehead atoms. The summed E-state index contributed by atoms with van der Waals surface area (Å²) >= 11 is 9.17. The monoisotopic (exact) mass is 392 g/mol. The standard InChI is InChI=1S/C13H18Br2N2S/c14-10-8-11(18-13(10)15)12(9-2-1-3-9)17-6-4-16-5-7-17/h8-9,12,16H,1-7H2/t12-/m0/s1. The van der Waals surface area contributed by atoms with Crippen LogP contribution < -0.4 is 5.32 Å². The number of piperazine rings is 1. The molecule has 2 aliphatic rings. The van der Waals surface area contributed by atoms with Crippen LogP contribution in [0.1, 0.15) is 30.2 Å². The molecule has 1 aromatic rings. The minimum atomic E-state index is 0.647. The first kappa shape index (κ1) is 13.6. The van der Waals surface area contributed by atoms with Crippen molar-refractivity contribution in [2.24, 2.45) is 5.92 Å². The van der Waals surface area contributed by atoms with E-state index in [9.17, 15) is 0 Å². The van der Waals surface area contributed by atoms with Gasteiger partial charge in [-0.05, 0) is 56.7 Å². The van der Waals surface area contributed by atoms with Gasteiger partial charge in [-0.3, -0.25) is 4.90 Å². The SMILES string of the molecule is Brc1cc([C@H](C2CCC2)N2CCNCC2)sc1Br. The molecule has 0 radical (unpaired) electrons. The highest BCUT2D eigenvalue weighted by atomic mass is 79.9. The van der Waals surface area contributed by atoms with Crippen LogP contribution in [-0.4, -0.2) is 31.1 Å². The van der Waals surface area contributed by atoms with Crippen molar-refractivity contribution in [3.63, 3.8) is 0 Å². The number of rotatable bonds is 3. The van der Waals surface area contributed by atoms with E-state index in [1.807, 2.05) is 11.3 Å². The number of nitrogens with one attached hydrogen (secondary N) is 1. The smallest absolute Gasteiger partial charge is 0.0843 e. The highest BCUT2D eigenvalue weighted by Gasteiger charge is 2.34. The van der Waals surface area contributed by atoms with Crippen molar-refractivity contribution >= 4 is 43.2 Å². The Morgan fingerprint density at radius 2 is 2.00 bits per heavy atom. The van der Waals surface area contributed by atoms with Crippen LogP contribution in [0.15, 0.2) is 14.3 Å². The molecule has 2 heterocycles. The van der Waals surface area contributed by atoms with Gasteiger partial charge in [-0.25, -0.2) is 0 Å². The predicted octanol–water partition coefficient (Wildman–Crippen LogP) is 4.02. The molecule has 0 aromatic carbocycles. The first-order valence-corrected chi connectivity index (χ1v) is 9.05. The van der Waals surface area contributed by atoms with E-state index >= 15 is 0 Å². The normalized spacial score (nSPS) is 23.9. The van der Waals surface area contributed by atoms with Crippen LogP contribution >= 0.6 is 43.2 Å². The molecule has 1 saturated carbocycles. The third kappa shape index (κ3) is 2.70. The zero-order valence-corrected chi connectivity index (χ0v) is 14.3. The molecule has 1 saturated heterocycles. The Labute approximate surface area is 129 Å². The molecule has 3 rings (SSSR count). The van der Waals surface area contributed by atoms with Crippen LogP contribution in [0, 0.1) is 5.92 Å². The quantitative estimate of drug-likeness (QED) is 0.834. The molecule has 18 heavy (non-hydrogen) atoms. The lowest BCUT2D eigenvalue weighted by molar-refractivity contribution is 0.0860. The number of hydrogen-bond donors (Lipinski definition) is 1. The third-order valence-electron chi connectivity index (χ3n) is 4.10. The molecule has 1 atom stereocenters. The fourth-order valence-corrected chi connectivity index (χ4v) is 5.25. The van der Waals surface area contributed by atoms with Gasteiger partial charge in [0.25, 0.3) is 0 Å². The molecule has 0 unspecified atom stereocenters. The maximum atomic E-state index is 3.64. The zero-order valence-electron chi connectivity index (χ0n) is 10.3. The first-order valence-electron chi connectivity index (χ1n) is 6.65. The minimum Gasteiger partial charge on any atom is -0.314 e. The number of nitrogens with zero attached hydrogens (tertiary/aromatic N) is 1. The summed E-state index contributed by atoms with van der Waals surface area (Å²) in [6, 6.07) is 2.97. The molecule has 0 amide bonds. The summed E-state index contributed by atoms with van der Waals surface area (Å²) in [4.78, 5) is 4.21. The van der Waals surface area contributed by atoms with Gasteiger partial charge in [0.05, 0.1) is 3.79 Å². The van der Waals surface area contributed by atoms with Crippen molar-refractivity contribution in [1.82, 2.24) is 10.2 Å². The summed E-state index contributed by atoms with van der Waals surface area (Å²) in [5.41, 5.74) is 0. The molecule has 1 N–H and O–H groups in total. The Bertz CT molecular complexity index is 392. The topological polar surface area (TPSA) is 15.3 Å². The van der Waals surface area contributed by atoms with E-state index in [0.717, 1.165) is 19.0 Å². The Hall–Kier alpha value is 0.580. The summed E-state index contributed by atoms with van der Waals surface area (Å²) in [7, 11) is 0. The fraction of sp³-hybridized carbons (Fsp3) is 0.692. The van der Waals surface area contributed by atoms with Gasteiger partial charge in [-0.2, -0.15) is 0 Å². The first-order chi connectivity index (χ1) is 8.75. The second-order valence-electron chi connectivity index (χ2n) is 5.19. The van der Waals surface area contributed by atoms with E-state index in [2.05, 4.69) is 48.1 Å².